The van der Waals surface area contributed by atoms with E-state index in [9.17, 15) is 9.59 Å². The highest BCUT2D eigenvalue weighted by molar-refractivity contribution is 5.85. The van der Waals surface area contributed by atoms with Crippen LogP contribution >= 0.6 is 0 Å². The molecule has 2 unspecified atom stereocenters. The van der Waals surface area contributed by atoms with Crippen LogP contribution in [-0.2, 0) is 9.59 Å². The lowest BCUT2D eigenvalue weighted by atomic mass is 10.0. The molecule has 84 valence electrons. The van der Waals surface area contributed by atoms with Crippen LogP contribution < -0.4 is 11.1 Å². The summed E-state index contributed by atoms with van der Waals surface area (Å²) in [5.41, 5.74) is 4.66. The van der Waals surface area contributed by atoms with Gasteiger partial charge in [-0.15, -0.1) is 0 Å². The highest BCUT2D eigenvalue weighted by Gasteiger charge is 2.29. The van der Waals surface area contributed by atoms with E-state index in [2.05, 4.69) is 5.32 Å². The highest BCUT2D eigenvalue weighted by atomic mass is 16.4. The lowest BCUT2D eigenvalue weighted by Crippen LogP contribution is -2.51. The number of carbonyl (C=O) groups is 2. The van der Waals surface area contributed by atoms with Crippen molar-refractivity contribution >= 4 is 11.9 Å². The van der Waals surface area contributed by atoms with Crippen LogP contribution in [0.15, 0.2) is 12.2 Å². The lowest BCUT2D eigenvalue weighted by Gasteiger charge is -2.21. The van der Waals surface area contributed by atoms with Gasteiger partial charge in [-0.25, -0.2) is 0 Å². The van der Waals surface area contributed by atoms with Crippen LogP contribution in [0, 0.1) is 5.92 Å². The minimum Gasteiger partial charge on any atom is -0.481 e. The zero-order valence-corrected chi connectivity index (χ0v) is 8.86. The van der Waals surface area contributed by atoms with Crippen molar-refractivity contribution < 1.29 is 14.7 Å². The van der Waals surface area contributed by atoms with Gasteiger partial charge < -0.3 is 16.2 Å². The molecule has 0 saturated carbocycles. The summed E-state index contributed by atoms with van der Waals surface area (Å²) in [5.74, 6) is -1.64. The van der Waals surface area contributed by atoms with E-state index in [1.165, 1.54) is 0 Å². The van der Waals surface area contributed by atoms with Gasteiger partial charge in [0.15, 0.2) is 0 Å². The third-order valence-electron chi connectivity index (χ3n) is 2.30. The minimum atomic E-state index is -0.935. The minimum absolute atomic E-state index is 0.221. The van der Waals surface area contributed by atoms with Crippen LogP contribution in [0.3, 0.4) is 0 Å². The first kappa shape index (κ1) is 11.7. The van der Waals surface area contributed by atoms with Crippen molar-refractivity contribution in [3.8, 4) is 0 Å². The third kappa shape index (κ3) is 3.06. The van der Waals surface area contributed by atoms with Gasteiger partial charge in [0.05, 0.1) is 11.5 Å². The molecule has 0 saturated heterocycles. The molecule has 0 aromatic rings. The first-order chi connectivity index (χ1) is 6.80. The fourth-order valence-corrected chi connectivity index (χ4v) is 1.34. The number of nitrogens with two attached hydrogens (primary N) is 1. The Hall–Kier alpha value is -1.36. The molecule has 0 heterocycles. The molecule has 4 N–H and O–H groups in total. The van der Waals surface area contributed by atoms with Crippen LogP contribution in [0.4, 0.5) is 0 Å². The van der Waals surface area contributed by atoms with Gasteiger partial charge in [0.25, 0.3) is 0 Å². The monoisotopic (exact) mass is 212 g/mol. The zero-order chi connectivity index (χ0) is 11.6. The van der Waals surface area contributed by atoms with E-state index in [1.807, 2.05) is 0 Å². The van der Waals surface area contributed by atoms with Crippen molar-refractivity contribution in [1.82, 2.24) is 5.32 Å². The van der Waals surface area contributed by atoms with Crippen molar-refractivity contribution in [2.45, 2.75) is 31.8 Å². The van der Waals surface area contributed by atoms with Crippen molar-refractivity contribution in [3.63, 3.8) is 0 Å². The Bertz CT molecular complexity index is 304. The molecule has 2 atom stereocenters. The number of amides is 1. The summed E-state index contributed by atoms with van der Waals surface area (Å²) in [7, 11) is 0. The number of hydrogen-bond donors (Lipinski definition) is 3. The number of carboxylic acids is 1. The topological polar surface area (TPSA) is 92.4 Å². The van der Waals surface area contributed by atoms with E-state index >= 15 is 0 Å². The van der Waals surface area contributed by atoms with Crippen LogP contribution in [0.2, 0.25) is 0 Å². The van der Waals surface area contributed by atoms with E-state index in [4.69, 9.17) is 10.8 Å². The molecule has 1 aliphatic rings. The van der Waals surface area contributed by atoms with E-state index in [-0.39, 0.29) is 11.9 Å². The van der Waals surface area contributed by atoms with E-state index in [0.29, 0.717) is 6.42 Å². The summed E-state index contributed by atoms with van der Waals surface area (Å²) in [6, 6.07) is -0.221. The SMILES string of the molecule is CC(C)(N)C(=O)NC1C=CC(C(=O)O)C1. The van der Waals surface area contributed by atoms with Gasteiger partial charge in [0.1, 0.15) is 0 Å². The Morgan fingerprint density at radius 1 is 1.47 bits per heavy atom. The molecule has 1 rings (SSSR count). The molecule has 1 amide bonds. The van der Waals surface area contributed by atoms with Crippen molar-refractivity contribution in [2.75, 3.05) is 0 Å². The van der Waals surface area contributed by atoms with E-state index < -0.39 is 17.4 Å². The first-order valence-corrected chi connectivity index (χ1v) is 4.81. The number of rotatable bonds is 3. The Morgan fingerprint density at radius 2 is 2.07 bits per heavy atom. The Labute approximate surface area is 88.3 Å². The maximum atomic E-state index is 11.5. The Morgan fingerprint density at radius 3 is 2.47 bits per heavy atom. The van der Waals surface area contributed by atoms with Gasteiger partial charge in [0, 0.05) is 6.04 Å². The lowest BCUT2D eigenvalue weighted by molar-refractivity contribution is -0.140. The van der Waals surface area contributed by atoms with Crippen LogP contribution in [-0.4, -0.2) is 28.6 Å². The van der Waals surface area contributed by atoms with Gasteiger partial charge >= 0.3 is 5.97 Å². The average molecular weight is 212 g/mol. The molecule has 0 aromatic carbocycles. The normalized spacial score (nSPS) is 25.3. The fraction of sp³-hybridized carbons (Fsp3) is 0.600. The molecule has 0 fully saturated rings. The van der Waals surface area contributed by atoms with Crippen molar-refractivity contribution in [1.29, 1.82) is 0 Å². The highest BCUT2D eigenvalue weighted by Crippen LogP contribution is 2.18. The molecule has 0 spiro atoms. The average Bonchev–Trinajstić information content (AvgIpc) is 2.50. The van der Waals surface area contributed by atoms with Gasteiger partial charge in [-0.3, -0.25) is 9.59 Å². The second-order valence-electron chi connectivity index (χ2n) is 4.37. The second kappa shape index (κ2) is 4.02. The van der Waals surface area contributed by atoms with E-state index in [1.54, 1.807) is 26.0 Å². The summed E-state index contributed by atoms with van der Waals surface area (Å²) in [6.07, 6.45) is 3.69. The van der Waals surface area contributed by atoms with Crippen molar-refractivity contribution in [2.24, 2.45) is 11.7 Å². The molecule has 5 heteroatoms. The third-order valence-corrected chi connectivity index (χ3v) is 2.30. The van der Waals surface area contributed by atoms with Crippen LogP contribution in [0.1, 0.15) is 20.3 Å². The summed E-state index contributed by atoms with van der Waals surface area (Å²) in [5, 5.41) is 11.4. The molecule has 15 heavy (non-hydrogen) atoms. The maximum Gasteiger partial charge on any atom is 0.310 e. The zero-order valence-electron chi connectivity index (χ0n) is 8.86. The molecule has 1 aliphatic carbocycles. The molecular weight excluding hydrogens is 196 g/mol. The Kier molecular flexibility index (Phi) is 3.14. The fourth-order valence-electron chi connectivity index (χ4n) is 1.34. The standard InChI is InChI=1S/C10H16N2O3/c1-10(2,11)9(15)12-7-4-3-6(5-7)8(13)14/h3-4,6-7H,5,11H2,1-2H3,(H,12,15)(H,13,14). The van der Waals surface area contributed by atoms with Crippen LogP contribution in [0.25, 0.3) is 0 Å². The molecule has 0 aliphatic heterocycles. The molecule has 0 aromatic heterocycles. The number of hydrogen-bond acceptors (Lipinski definition) is 3. The summed E-state index contributed by atoms with van der Waals surface area (Å²) >= 11 is 0. The van der Waals surface area contributed by atoms with Gasteiger partial charge in [0.2, 0.25) is 5.91 Å². The second-order valence-corrected chi connectivity index (χ2v) is 4.37. The van der Waals surface area contributed by atoms with Gasteiger partial charge in [-0.05, 0) is 20.3 Å². The summed E-state index contributed by atoms with van der Waals surface area (Å²) < 4.78 is 0. The van der Waals surface area contributed by atoms with E-state index in [0.717, 1.165) is 0 Å². The maximum absolute atomic E-state index is 11.5. The van der Waals surface area contributed by atoms with Gasteiger partial charge in [-0.2, -0.15) is 0 Å². The number of nitrogens with one attached hydrogen (secondary N) is 1. The summed E-state index contributed by atoms with van der Waals surface area (Å²) in [4.78, 5) is 22.1. The number of carboxylic acid groups (broad SMARTS) is 1. The Balaban J connectivity index is 2.48. The molecule has 5 nitrogen and oxygen atoms in total. The predicted octanol–water partition coefficient (Wildman–Crippen LogP) is -0.131. The quantitative estimate of drug-likeness (QED) is 0.568. The molecular formula is C10H16N2O3. The number of aliphatic carboxylic acids is 1. The van der Waals surface area contributed by atoms with Gasteiger partial charge in [-0.1, -0.05) is 12.2 Å². The van der Waals surface area contributed by atoms with Crippen LogP contribution in [0.5, 0.6) is 0 Å². The number of carbonyl (C=O) groups excluding carboxylic acids is 1. The smallest absolute Gasteiger partial charge is 0.310 e. The molecule has 0 radical (unpaired) electrons. The van der Waals surface area contributed by atoms with Crippen molar-refractivity contribution in [3.05, 3.63) is 12.2 Å². The predicted molar refractivity (Wildman–Crippen MR) is 55.1 cm³/mol. The summed E-state index contributed by atoms with van der Waals surface area (Å²) in [6.45, 7) is 3.21. The first-order valence-electron chi connectivity index (χ1n) is 4.81. The molecule has 0 bridgehead atoms. The largest absolute Gasteiger partial charge is 0.481 e.